The quantitative estimate of drug-likeness (QED) is 0.791. The second-order valence-corrected chi connectivity index (χ2v) is 5.13. The normalized spacial score (nSPS) is 11.4. The van der Waals surface area contributed by atoms with Crippen LogP contribution in [-0.2, 0) is 16.0 Å². The van der Waals surface area contributed by atoms with E-state index in [1.165, 1.54) is 31.4 Å². The lowest BCUT2D eigenvalue weighted by Gasteiger charge is -2.15. The fourth-order valence-corrected chi connectivity index (χ4v) is 2.20. The highest BCUT2D eigenvalue weighted by atomic mass is 16.5. The van der Waals surface area contributed by atoms with E-state index in [-0.39, 0.29) is 17.5 Å². The van der Waals surface area contributed by atoms with Crippen LogP contribution in [0.15, 0.2) is 54.6 Å². The first-order valence-corrected chi connectivity index (χ1v) is 7.27. The lowest BCUT2D eigenvalue weighted by molar-refractivity contribution is -0.139. The highest BCUT2D eigenvalue weighted by molar-refractivity contribution is 5.99. The highest BCUT2D eigenvalue weighted by Gasteiger charge is 2.21. The Kier molecular flexibility index (Phi) is 5.68. The van der Waals surface area contributed by atoms with Gasteiger partial charge in [-0.2, -0.15) is 0 Å². The molecule has 0 radical (unpaired) electrons. The number of carboxylic acid groups (broad SMARTS) is 1. The number of ether oxygens (including phenoxy) is 1. The smallest absolute Gasteiger partial charge is 0.337 e. The number of esters is 1. The standard InChI is InChI=1S/C18H17NO5/c1-24-18(23)14-9-5-8-13(11-14)16(20)19-15(17(21)22)10-12-6-3-2-4-7-12/h2-9,11,15H,10H2,1H3,(H,19,20)(H,21,22)/t15-/m0/s1. The van der Waals surface area contributed by atoms with E-state index in [1.54, 1.807) is 24.3 Å². The number of hydrogen-bond donors (Lipinski definition) is 2. The Morgan fingerprint density at radius 2 is 1.71 bits per heavy atom. The minimum atomic E-state index is -1.13. The number of carboxylic acids is 1. The van der Waals surface area contributed by atoms with Crippen LogP contribution in [0.2, 0.25) is 0 Å². The van der Waals surface area contributed by atoms with Crippen molar-refractivity contribution in [3.63, 3.8) is 0 Å². The van der Waals surface area contributed by atoms with Gasteiger partial charge in [0.15, 0.2) is 0 Å². The van der Waals surface area contributed by atoms with Gasteiger partial charge in [0.1, 0.15) is 6.04 Å². The Morgan fingerprint density at radius 1 is 1.04 bits per heavy atom. The molecule has 124 valence electrons. The van der Waals surface area contributed by atoms with Crippen LogP contribution in [0.3, 0.4) is 0 Å². The van der Waals surface area contributed by atoms with E-state index in [9.17, 15) is 19.5 Å². The average Bonchev–Trinajstić information content (AvgIpc) is 2.61. The van der Waals surface area contributed by atoms with Gasteiger partial charge >= 0.3 is 11.9 Å². The molecule has 0 heterocycles. The Morgan fingerprint density at radius 3 is 2.33 bits per heavy atom. The van der Waals surface area contributed by atoms with Gasteiger partial charge in [-0.1, -0.05) is 36.4 Å². The molecule has 0 saturated heterocycles. The maximum absolute atomic E-state index is 12.3. The number of methoxy groups -OCH3 is 1. The molecular weight excluding hydrogens is 310 g/mol. The molecule has 6 heteroatoms. The largest absolute Gasteiger partial charge is 0.480 e. The lowest BCUT2D eigenvalue weighted by atomic mass is 10.0. The minimum absolute atomic E-state index is 0.165. The fourth-order valence-electron chi connectivity index (χ4n) is 2.20. The van der Waals surface area contributed by atoms with Crippen LogP contribution in [0, 0.1) is 0 Å². The van der Waals surface area contributed by atoms with Crippen molar-refractivity contribution in [1.82, 2.24) is 5.32 Å². The molecule has 0 spiro atoms. The molecule has 0 saturated carbocycles. The summed E-state index contributed by atoms with van der Waals surface area (Å²) in [6, 6.07) is 13.9. The van der Waals surface area contributed by atoms with Crippen molar-refractivity contribution in [2.45, 2.75) is 12.5 Å². The third kappa shape index (κ3) is 4.42. The summed E-state index contributed by atoms with van der Waals surface area (Å²) in [6.45, 7) is 0. The Hall–Kier alpha value is -3.15. The summed E-state index contributed by atoms with van der Waals surface area (Å²) < 4.78 is 4.60. The van der Waals surface area contributed by atoms with Crippen LogP contribution in [0.25, 0.3) is 0 Å². The van der Waals surface area contributed by atoms with Crippen LogP contribution < -0.4 is 5.32 Å². The third-order valence-corrected chi connectivity index (χ3v) is 3.43. The van der Waals surface area contributed by atoms with Gasteiger partial charge in [-0.05, 0) is 23.8 Å². The first kappa shape index (κ1) is 17.2. The van der Waals surface area contributed by atoms with E-state index in [2.05, 4.69) is 10.1 Å². The van der Waals surface area contributed by atoms with Gasteiger partial charge in [0, 0.05) is 12.0 Å². The molecule has 6 nitrogen and oxygen atoms in total. The molecule has 2 aromatic carbocycles. The lowest BCUT2D eigenvalue weighted by Crippen LogP contribution is -2.42. The molecule has 0 bridgehead atoms. The number of carbonyl (C=O) groups excluding carboxylic acids is 2. The van der Waals surface area contributed by atoms with Gasteiger partial charge in [-0.3, -0.25) is 4.79 Å². The number of benzene rings is 2. The molecule has 2 N–H and O–H groups in total. The second-order valence-electron chi connectivity index (χ2n) is 5.13. The summed E-state index contributed by atoms with van der Waals surface area (Å²) in [6.07, 6.45) is 0.165. The van der Waals surface area contributed by atoms with E-state index < -0.39 is 23.9 Å². The minimum Gasteiger partial charge on any atom is -0.480 e. The second kappa shape index (κ2) is 7.92. The molecule has 0 fully saturated rings. The summed E-state index contributed by atoms with van der Waals surface area (Å²) in [5.41, 5.74) is 1.21. The van der Waals surface area contributed by atoms with Crippen molar-refractivity contribution >= 4 is 17.8 Å². The first-order chi connectivity index (χ1) is 11.5. The molecule has 1 amide bonds. The summed E-state index contributed by atoms with van der Waals surface area (Å²) in [5, 5.41) is 11.8. The maximum Gasteiger partial charge on any atom is 0.337 e. The van der Waals surface area contributed by atoms with E-state index in [1.807, 2.05) is 6.07 Å². The van der Waals surface area contributed by atoms with E-state index >= 15 is 0 Å². The summed E-state index contributed by atoms with van der Waals surface area (Å²) in [4.78, 5) is 35.2. The zero-order chi connectivity index (χ0) is 17.5. The third-order valence-electron chi connectivity index (χ3n) is 3.43. The molecule has 2 aromatic rings. The molecule has 1 atom stereocenters. The predicted molar refractivity (Wildman–Crippen MR) is 86.8 cm³/mol. The summed E-state index contributed by atoms with van der Waals surface area (Å²) in [7, 11) is 1.25. The van der Waals surface area contributed by atoms with Crippen molar-refractivity contribution < 1.29 is 24.2 Å². The maximum atomic E-state index is 12.3. The number of carbonyl (C=O) groups is 3. The Balaban J connectivity index is 2.13. The Bertz CT molecular complexity index is 742. The SMILES string of the molecule is COC(=O)c1cccc(C(=O)N[C@@H](Cc2ccccc2)C(=O)O)c1. The van der Waals surface area contributed by atoms with Gasteiger partial charge in [-0.15, -0.1) is 0 Å². The predicted octanol–water partition coefficient (Wildman–Crippen LogP) is 1.90. The van der Waals surface area contributed by atoms with E-state index in [0.29, 0.717) is 0 Å². The molecule has 24 heavy (non-hydrogen) atoms. The average molecular weight is 327 g/mol. The van der Waals surface area contributed by atoms with Crippen LogP contribution in [-0.4, -0.2) is 36.1 Å². The molecule has 0 unspecified atom stereocenters. The molecule has 0 aliphatic carbocycles. The van der Waals surface area contributed by atoms with Crippen LogP contribution in [0.1, 0.15) is 26.3 Å². The monoisotopic (exact) mass is 327 g/mol. The van der Waals surface area contributed by atoms with Crippen molar-refractivity contribution in [2.24, 2.45) is 0 Å². The number of hydrogen-bond acceptors (Lipinski definition) is 4. The van der Waals surface area contributed by atoms with Crippen molar-refractivity contribution in [3.8, 4) is 0 Å². The van der Waals surface area contributed by atoms with Gasteiger partial charge in [0.05, 0.1) is 12.7 Å². The van der Waals surface area contributed by atoms with Gasteiger partial charge in [0.25, 0.3) is 5.91 Å². The van der Waals surface area contributed by atoms with Gasteiger partial charge in [-0.25, -0.2) is 9.59 Å². The van der Waals surface area contributed by atoms with Gasteiger partial charge < -0.3 is 15.2 Å². The first-order valence-electron chi connectivity index (χ1n) is 7.27. The van der Waals surface area contributed by atoms with Gasteiger partial charge in [0.2, 0.25) is 0 Å². The molecule has 0 aliphatic rings. The highest BCUT2D eigenvalue weighted by Crippen LogP contribution is 2.09. The van der Waals surface area contributed by atoms with Crippen molar-refractivity contribution in [1.29, 1.82) is 0 Å². The van der Waals surface area contributed by atoms with E-state index in [0.717, 1.165) is 5.56 Å². The number of rotatable bonds is 6. The fraction of sp³-hybridized carbons (Fsp3) is 0.167. The van der Waals surface area contributed by atoms with Crippen molar-refractivity contribution in [3.05, 3.63) is 71.3 Å². The molecule has 2 rings (SSSR count). The van der Waals surface area contributed by atoms with Crippen LogP contribution in [0.4, 0.5) is 0 Å². The zero-order valence-electron chi connectivity index (χ0n) is 13.1. The molecular formula is C18H17NO5. The van der Waals surface area contributed by atoms with Crippen molar-refractivity contribution in [2.75, 3.05) is 7.11 Å². The zero-order valence-corrected chi connectivity index (χ0v) is 13.1. The summed E-state index contributed by atoms with van der Waals surface area (Å²) in [5.74, 6) is -2.26. The summed E-state index contributed by atoms with van der Waals surface area (Å²) >= 11 is 0. The van der Waals surface area contributed by atoms with Crippen LogP contribution in [0.5, 0.6) is 0 Å². The number of aliphatic carboxylic acids is 1. The molecule has 0 aliphatic heterocycles. The van der Waals surface area contributed by atoms with Crippen LogP contribution >= 0.6 is 0 Å². The van der Waals surface area contributed by atoms with E-state index in [4.69, 9.17) is 0 Å². The molecule has 0 aromatic heterocycles. The number of nitrogens with one attached hydrogen (secondary N) is 1. The Labute approximate surface area is 139 Å². The topological polar surface area (TPSA) is 92.7 Å². The number of amides is 1.